The van der Waals surface area contributed by atoms with Crippen LogP contribution in [0.25, 0.3) is 0 Å². The lowest BCUT2D eigenvalue weighted by atomic mass is 9.87. The topological polar surface area (TPSA) is 41.3 Å². The van der Waals surface area contributed by atoms with E-state index in [4.69, 9.17) is 5.73 Å². The summed E-state index contributed by atoms with van der Waals surface area (Å²) >= 11 is 0. The number of nitrogens with one attached hydrogen (secondary N) is 1. The highest BCUT2D eigenvalue weighted by Crippen LogP contribution is 2.22. The van der Waals surface area contributed by atoms with Gasteiger partial charge in [0, 0.05) is 11.2 Å². The van der Waals surface area contributed by atoms with Crippen molar-refractivity contribution in [2.24, 2.45) is 5.73 Å². The van der Waals surface area contributed by atoms with Crippen molar-refractivity contribution in [3.05, 3.63) is 23.9 Å². The van der Waals surface area contributed by atoms with Crippen LogP contribution in [0.4, 0.5) is 0 Å². The fraction of sp³-hybridized carbons (Fsp3) is 0.636. The molecule has 1 rings (SSSR count). The molecule has 3 heteroatoms. The molecule has 0 bridgehead atoms. The van der Waals surface area contributed by atoms with Crippen LogP contribution >= 0.6 is 0 Å². The zero-order chi connectivity index (χ0) is 10.6. The minimum absolute atomic E-state index is 0.104. The molecule has 0 heterocycles. The van der Waals surface area contributed by atoms with Gasteiger partial charge < -0.3 is 16.0 Å². The highest BCUT2D eigenvalue weighted by atomic mass is 15.1. The molecule has 0 spiro atoms. The Labute approximate surface area is 86.7 Å². The van der Waals surface area contributed by atoms with Crippen molar-refractivity contribution >= 4 is 0 Å². The first-order valence-corrected chi connectivity index (χ1v) is 5.06. The summed E-state index contributed by atoms with van der Waals surface area (Å²) in [5, 5.41) is 3.38. The van der Waals surface area contributed by atoms with Gasteiger partial charge >= 0.3 is 0 Å². The third-order valence-corrected chi connectivity index (χ3v) is 2.80. The van der Waals surface area contributed by atoms with Gasteiger partial charge in [0.1, 0.15) is 0 Å². The first kappa shape index (κ1) is 11.3. The molecule has 1 unspecified atom stereocenters. The minimum atomic E-state index is 0.104. The number of hydrogen-bond acceptors (Lipinski definition) is 3. The third-order valence-electron chi connectivity index (χ3n) is 2.80. The predicted molar refractivity (Wildman–Crippen MR) is 61.0 cm³/mol. The van der Waals surface area contributed by atoms with E-state index in [1.807, 2.05) is 13.1 Å². The Kier molecular flexibility index (Phi) is 3.72. The molecule has 1 aliphatic carbocycles. The minimum Gasteiger partial charge on any atom is -0.399 e. The molecule has 0 saturated carbocycles. The second-order valence-corrected chi connectivity index (χ2v) is 4.20. The third kappa shape index (κ3) is 2.86. The predicted octanol–water partition coefficient (Wildman–Crippen LogP) is 0.699. The highest BCUT2D eigenvalue weighted by molar-refractivity contribution is 5.27. The molecule has 0 aromatic heterocycles. The quantitative estimate of drug-likeness (QED) is 0.694. The van der Waals surface area contributed by atoms with Crippen LogP contribution < -0.4 is 11.1 Å². The van der Waals surface area contributed by atoms with E-state index >= 15 is 0 Å². The van der Waals surface area contributed by atoms with Gasteiger partial charge in [-0.25, -0.2) is 0 Å². The molecule has 3 N–H and O–H groups in total. The normalized spacial score (nSPS) is 26.7. The molecule has 3 nitrogen and oxygen atoms in total. The van der Waals surface area contributed by atoms with Gasteiger partial charge in [-0.3, -0.25) is 0 Å². The number of hydrogen-bond donors (Lipinski definition) is 2. The summed E-state index contributed by atoms with van der Waals surface area (Å²) in [6.07, 6.45) is 8.37. The molecule has 0 aromatic carbocycles. The van der Waals surface area contributed by atoms with Crippen LogP contribution in [-0.2, 0) is 0 Å². The average Bonchev–Trinajstić information content (AvgIpc) is 2.18. The van der Waals surface area contributed by atoms with E-state index < -0.39 is 0 Å². The van der Waals surface area contributed by atoms with Crippen LogP contribution in [0.1, 0.15) is 12.8 Å². The lowest BCUT2D eigenvalue weighted by Gasteiger charge is -2.32. The summed E-state index contributed by atoms with van der Waals surface area (Å²) in [7, 11) is 6.20. The summed E-state index contributed by atoms with van der Waals surface area (Å²) < 4.78 is 0. The largest absolute Gasteiger partial charge is 0.399 e. The number of nitrogens with two attached hydrogens (primary N) is 1. The molecule has 0 amide bonds. The standard InChI is InChI=1S/C11H21N3/c1-13-11(8-9-14(2)3)6-4-10(12)5-7-11/h4-6,13H,7-9,12H2,1-3H3. The zero-order valence-electron chi connectivity index (χ0n) is 9.38. The van der Waals surface area contributed by atoms with Gasteiger partial charge in [0.25, 0.3) is 0 Å². The van der Waals surface area contributed by atoms with Crippen molar-refractivity contribution in [1.82, 2.24) is 10.2 Å². The Bertz CT molecular complexity index is 243. The van der Waals surface area contributed by atoms with E-state index in [-0.39, 0.29) is 5.54 Å². The van der Waals surface area contributed by atoms with Gasteiger partial charge in [0.2, 0.25) is 0 Å². The summed E-state index contributed by atoms with van der Waals surface area (Å²) in [6, 6.07) is 0. The maximum absolute atomic E-state index is 5.70. The molecule has 0 radical (unpaired) electrons. The second kappa shape index (κ2) is 4.62. The van der Waals surface area contributed by atoms with Crippen molar-refractivity contribution in [2.45, 2.75) is 18.4 Å². The van der Waals surface area contributed by atoms with Crippen LogP contribution in [0, 0.1) is 0 Å². The van der Waals surface area contributed by atoms with Gasteiger partial charge in [-0.1, -0.05) is 12.2 Å². The van der Waals surface area contributed by atoms with Gasteiger partial charge in [-0.05, 0) is 46.6 Å². The summed E-state index contributed by atoms with van der Waals surface area (Å²) in [5.41, 5.74) is 6.68. The fourth-order valence-electron chi connectivity index (χ4n) is 1.61. The number of likely N-dealkylation sites (N-methyl/N-ethyl adjacent to an activating group) is 1. The molecule has 80 valence electrons. The van der Waals surface area contributed by atoms with Crippen molar-refractivity contribution < 1.29 is 0 Å². The van der Waals surface area contributed by atoms with E-state index in [1.165, 1.54) is 0 Å². The Morgan fingerprint density at radius 3 is 2.71 bits per heavy atom. The Hall–Kier alpha value is -0.800. The van der Waals surface area contributed by atoms with Gasteiger partial charge in [0.05, 0.1) is 0 Å². The molecule has 1 aliphatic rings. The molecule has 0 aromatic rings. The zero-order valence-corrected chi connectivity index (χ0v) is 9.38. The second-order valence-electron chi connectivity index (χ2n) is 4.20. The van der Waals surface area contributed by atoms with E-state index in [0.717, 1.165) is 25.1 Å². The van der Waals surface area contributed by atoms with Crippen LogP contribution in [0.3, 0.4) is 0 Å². The van der Waals surface area contributed by atoms with Crippen molar-refractivity contribution in [1.29, 1.82) is 0 Å². The van der Waals surface area contributed by atoms with Crippen molar-refractivity contribution in [3.8, 4) is 0 Å². The first-order chi connectivity index (χ1) is 6.58. The summed E-state index contributed by atoms with van der Waals surface area (Å²) in [4.78, 5) is 2.20. The van der Waals surface area contributed by atoms with E-state index in [9.17, 15) is 0 Å². The average molecular weight is 195 g/mol. The number of allylic oxidation sites excluding steroid dienone is 1. The van der Waals surface area contributed by atoms with Crippen molar-refractivity contribution in [2.75, 3.05) is 27.7 Å². The summed E-state index contributed by atoms with van der Waals surface area (Å²) in [5.74, 6) is 0. The Morgan fingerprint density at radius 1 is 1.57 bits per heavy atom. The summed E-state index contributed by atoms with van der Waals surface area (Å²) in [6.45, 7) is 1.08. The number of nitrogens with zero attached hydrogens (tertiary/aromatic N) is 1. The molecule has 0 saturated heterocycles. The lowest BCUT2D eigenvalue weighted by Crippen LogP contribution is -2.44. The molecule has 1 atom stereocenters. The van der Waals surface area contributed by atoms with Crippen LogP contribution in [0.2, 0.25) is 0 Å². The van der Waals surface area contributed by atoms with E-state index in [1.54, 1.807) is 0 Å². The molecular formula is C11H21N3. The smallest absolute Gasteiger partial charge is 0.0413 e. The lowest BCUT2D eigenvalue weighted by molar-refractivity contribution is 0.319. The maximum Gasteiger partial charge on any atom is 0.0413 e. The fourth-order valence-corrected chi connectivity index (χ4v) is 1.61. The van der Waals surface area contributed by atoms with Gasteiger partial charge in [0.15, 0.2) is 0 Å². The highest BCUT2D eigenvalue weighted by Gasteiger charge is 2.25. The number of rotatable bonds is 4. The molecule has 0 aliphatic heterocycles. The van der Waals surface area contributed by atoms with Gasteiger partial charge in [-0.2, -0.15) is 0 Å². The monoisotopic (exact) mass is 195 g/mol. The maximum atomic E-state index is 5.70. The first-order valence-electron chi connectivity index (χ1n) is 5.06. The van der Waals surface area contributed by atoms with Crippen LogP contribution in [-0.4, -0.2) is 38.1 Å². The Morgan fingerprint density at radius 2 is 2.29 bits per heavy atom. The SMILES string of the molecule is CNC1(CCN(C)C)C=CC(N)=CC1. The molecular weight excluding hydrogens is 174 g/mol. The van der Waals surface area contributed by atoms with E-state index in [2.05, 4.69) is 36.5 Å². The van der Waals surface area contributed by atoms with Crippen LogP contribution in [0.5, 0.6) is 0 Å². The van der Waals surface area contributed by atoms with Crippen LogP contribution in [0.15, 0.2) is 23.9 Å². The van der Waals surface area contributed by atoms with Crippen molar-refractivity contribution in [3.63, 3.8) is 0 Å². The molecule has 0 fully saturated rings. The molecule has 14 heavy (non-hydrogen) atoms. The van der Waals surface area contributed by atoms with E-state index in [0.29, 0.717) is 0 Å². The Balaban J connectivity index is 2.57. The van der Waals surface area contributed by atoms with Gasteiger partial charge in [-0.15, -0.1) is 0 Å².